The molecular weight excluding hydrogens is 210 g/mol. The van der Waals surface area contributed by atoms with E-state index in [0.29, 0.717) is 12.5 Å². The summed E-state index contributed by atoms with van der Waals surface area (Å²) in [5, 5.41) is 9.72. The van der Waals surface area contributed by atoms with E-state index < -0.39 is 0 Å². The zero-order chi connectivity index (χ0) is 11.4. The highest BCUT2D eigenvalue weighted by molar-refractivity contribution is 7.98. The number of hydrogen-bond acceptors (Lipinski definition) is 3. The van der Waals surface area contributed by atoms with Crippen LogP contribution in [0.15, 0.2) is 0 Å². The third-order valence-corrected chi connectivity index (χ3v) is 3.67. The molecule has 0 spiro atoms. The first-order chi connectivity index (χ1) is 7.06. The molecule has 4 heteroatoms. The maximum Gasteiger partial charge on any atom is 0.226 e. The minimum atomic E-state index is -0.319. The standard InChI is InChI=1S/C11H21NO2S/c1-8(7-15-3)11(14)12(2)6-10(13)9-4-5-9/h8-10,13H,4-7H2,1-3H3. The molecule has 1 N–H and O–H groups in total. The molecule has 88 valence electrons. The minimum absolute atomic E-state index is 0.0522. The lowest BCUT2D eigenvalue weighted by molar-refractivity contribution is -0.134. The van der Waals surface area contributed by atoms with Crippen LogP contribution in [0.1, 0.15) is 19.8 Å². The van der Waals surface area contributed by atoms with Crippen LogP contribution >= 0.6 is 11.8 Å². The molecule has 0 aromatic heterocycles. The molecule has 0 radical (unpaired) electrons. The normalized spacial score (nSPS) is 19.7. The maximum absolute atomic E-state index is 11.8. The number of rotatable bonds is 6. The van der Waals surface area contributed by atoms with Crippen LogP contribution in [0.25, 0.3) is 0 Å². The fourth-order valence-corrected chi connectivity index (χ4v) is 2.34. The van der Waals surface area contributed by atoms with E-state index in [1.165, 1.54) is 0 Å². The van der Waals surface area contributed by atoms with Crippen molar-refractivity contribution in [2.75, 3.05) is 25.6 Å². The van der Waals surface area contributed by atoms with Gasteiger partial charge in [0.25, 0.3) is 0 Å². The van der Waals surface area contributed by atoms with Crippen LogP contribution < -0.4 is 0 Å². The van der Waals surface area contributed by atoms with E-state index in [1.807, 2.05) is 13.2 Å². The summed E-state index contributed by atoms with van der Waals surface area (Å²) in [5.41, 5.74) is 0. The van der Waals surface area contributed by atoms with Crippen LogP contribution in [0, 0.1) is 11.8 Å². The van der Waals surface area contributed by atoms with Crippen molar-refractivity contribution >= 4 is 17.7 Å². The second-order valence-electron chi connectivity index (χ2n) is 4.48. The SMILES string of the molecule is CSCC(C)C(=O)N(C)CC(O)C1CC1. The van der Waals surface area contributed by atoms with Gasteiger partial charge in [-0.15, -0.1) is 0 Å². The molecule has 1 rings (SSSR count). The number of likely N-dealkylation sites (N-methyl/N-ethyl adjacent to an activating group) is 1. The molecule has 1 amide bonds. The quantitative estimate of drug-likeness (QED) is 0.747. The van der Waals surface area contributed by atoms with Gasteiger partial charge >= 0.3 is 0 Å². The van der Waals surface area contributed by atoms with Crippen LogP contribution in [0.2, 0.25) is 0 Å². The summed E-state index contributed by atoms with van der Waals surface area (Å²) in [6, 6.07) is 0. The van der Waals surface area contributed by atoms with E-state index >= 15 is 0 Å². The van der Waals surface area contributed by atoms with Gasteiger partial charge in [-0.05, 0) is 25.0 Å². The van der Waals surface area contributed by atoms with E-state index in [2.05, 4.69) is 0 Å². The highest BCUT2D eigenvalue weighted by Gasteiger charge is 2.31. The number of hydrogen-bond donors (Lipinski definition) is 1. The summed E-state index contributed by atoms with van der Waals surface area (Å²) in [5.74, 6) is 1.49. The van der Waals surface area contributed by atoms with Crippen LogP contribution in [-0.4, -0.2) is 47.6 Å². The van der Waals surface area contributed by atoms with Crippen molar-refractivity contribution in [3.8, 4) is 0 Å². The third kappa shape index (κ3) is 4.03. The Kier molecular flexibility index (Phi) is 4.93. The predicted octanol–water partition coefficient (Wildman–Crippen LogP) is 1.21. The zero-order valence-electron chi connectivity index (χ0n) is 9.77. The average Bonchev–Trinajstić information content (AvgIpc) is 2.99. The van der Waals surface area contributed by atoms with Crippen molar-refractivity contribution in [2.24, 2.45) is 11.8 Å². The first-order valence-electron chi connectivity index (χ1n) is 5.48. The summed E-state index contributed by atoms with van der Waals surface area (Å²) in [7, 11) is 1.78. The third-order valence-electron chi connectivity index (χ3n) is 2.84. The minimum Gasteiger partial charge on any atom is -0.391 e. The topological polar surface area (TPSA) is 40.5 Å². The Hall–Kier alpha value is -0.220. The van der Waals surface area contributed by atoms with Crippen molar-refractivity contribution < 1.29 is 9.90 Å². The molecule has 15 heavy (non-hydrogen) atoms. The summed E-state index contributed by atoms with van der Waals surface area (Å²) in [6.07, 6.45) is 3.91. The summed E-state index contributed by atoms with van der Waals surface area (Å²) < 4.78 is 0. The fraction of sp³-hybridized carbons (Fsp3) is 0.909. The Labute approximate surface area is 96.2 Å². The van der Waals surface area contributed by atoms with Gasteiger partial charge < -0.3 is 10.0 Å². The monoisotopic (exact) mass is 231 g/mol. The van der Waals surface area contributed by atoms with Crippen LogP contribution in [-0.2, 0) is 4.79 Å². The Morgan fingerprint density at radius 3 is 2.67 bits per heavy atom. The van der Waals surface area contributed by atoms with Crippen molar-refractivity contribution in [3.05, 3.63) is 0 Å². The first kappa shape index (κ1) is 12.8. The van der Waals surface area contributed by atoms with Gasteiger partial charge in [0, 0.05) is 25.3 Å². The molecule has 1 saturated carbocycles. The molecule has 0 saturated heterocycles. The zero-order valence-corrected chi connectivity index (χ0v) is 10.6. The van der Waals surface area contributed by atoms with Crippen LogP contribution in [0.4, 0.5) is 0 Å². The van der Waals surface area contributed by atoms with Crippen LogP contribution in [0.3, 0.4) is 0 Å². The summed E-state index contributed by atoms with van der Waals surface area (Å²) in [6.45, 7) is 2.43. The maximum atomic E-state index is 11.8. The summed E-state index contributed by atoms with van der Waals surface area (Å²) in [4.78, 5) is 13.5. The molecular formula is C11H21NO2S. The molecule has 1 aliphatic rings. The van der Waals surface area contributed by atoms with Gasteiger partial charge in [0.15, 0.2) is 0 Å². The van der Waals surface area contributed by atoms with E-state index in [9.17, 15) is 9.90 Å². The Bertz CT molecular complexity index is 219. The predicted molar refractivity (Wildman–Crippen MR) is 63.9 cm³/mol. The number of amides is 1. The lowest BCUT2D eigenvalue weighted by Crippen LogP contribution is -2.38. The molecule has 2 atom stereocenters. The smallest absolute Gasteiger partial charge is 0.226 e. The van der Waals surface area contributed by atoms with Crippen molar-refractivity contribution in [1.29, 1.82) is 0 Å². The van der Waals surface area contributed by atoms with Crippen molar-refractivity contribution in [2.45, 2.75) is 25.9 Å². The molecule has 0 bridgehead atoms. The number of nitrogens with zero attached hydrogens (tertiary/aromatic N) is 1. The molecule has 0 heterocycles. The van der Waals surface area contributed by atoms with Crippen molar-refractivity contribution in [3.63, 3.8) is 0 Å². The Balaban J connectivity index is 2.30. The fourth-order valence-electron chi connectivity index (χ4n) is 1.70. The van der Waals surface area contributed by atoms with Gasteiger partial charge in [0.1, 0.15) is 0 Å². The Morgan fingerprint density at radius 2 is 2.20 bits per heavy atom. The molecule has 1 fully saturated rings. The molecule has 3 nitrogen and oxygen atoms in total. The second-order valence-corrected chi connectivity index (χ2v) is 5.39. The number of carbonyl (C=O) groups excluding carboxylic acids is 1. The molecule has 0 aliphatic heterocycles. The average molecular weight is 231 g/mol. The second kappa shape index (κ2) is 5.75. The van der Waals surface area contributed by atoms with E-state index in [0.717, 1.165) is 18.6 Å². The molecule has 2 unspecified atom stereocenters. The van der Waals surface area contributed by atoms with Crippen molar-refractivity contribution in [1.82, 2.24) is 4.90 Å². The number of thioether (sulfide) groups is 1. The molecule has 0 aromatic rings. The van der Waals surface area contributed by atoms with Crippen LogP contribution in [0.5, 0.6) is 0 Å². The van der Waals surface area contributed by atoms with Gasteiger partial charge in [-0.3, -0.25) is 4.79 Å². The largest absolute Gasteiger partial charge is 0.391 e. The number of aliphatic hydroxyl groups excluding tert-OH is 1. The van der Waals surface area contributed by atoms with E-state index in [4.69, 9.17) is 0 Å². The molecule has 1 aliphatic carbocycles. The highest BCUT2D eigenvalue weighted by atomic mass is 32.2. The first-order valence-corrected chi connectivity index (χ1v) is 6.87. The number of carbonyl (C=O) groups is 1. The Morgan fingerprint density at radius 1 is 1.60 bits per heavy atom. The highest BCUT2D eigenvalue weighted by Crippen LogP contribution is 2.32. The van der Waals surface area contributed by atoms with E-state index in [-0.39, 0.29) is 17.9 Å². The van der Waals surface area contributed by atoms with Gasteiger partial charge in [-0.2, -0.15) is 11.8 Å². The van der Waals surface area contributed by atoms with Gasteiger partial charge in [0.05, 0.1) is 6.10 Å². The van der Waals surface area contributed by atoms with Gasteiger partial charge in [-0.1, -0.05) is 6.92 Å². The van der Waals surface area contributed by atoms with E-state index in [1.54, 1.807) is 23.7 Å². The van der Waals surface area contributed by atoms with Gasteiger partial charge in [-0.25, -0.2) is 0 Å². The number of aliphatic hydroxyl groups is 1. The molecule has 0 aromatic carbocycles. The summed E-state index contributed by atoms with van der Waals surface area (Å²) >= 11 is 1.68. The lowest BCUT2D eigenvalue weighted by atomic mass is 10.1. The van der Waals surface area contributed by atoms with Gasteiger partial charge in [0.2, 0.25) is 5.91 Å². The lowest BCUT2D eigenvalue weighted by Gasteiger charge is -2.23.